The van der Waals surface area contributed by atoms with Crippen LogP contribution >= 0.6 is 11.6 Å². The summed E-state index contributed by atoms with van der Waals surface area (Å²) in [7, 11) is -4.17. The SMILES string of the molecule is O=S(=O)(O)c1ccccc1Cl.[LiH]. The summed E-state index contributed by atoms with van der Waals surface area (Å²) in [4.78, 5) is -0.262. The number of halogens is 1. The van der Waals surface area contributed by atoms with E-state index < -0.39 is 10.1 Å². The molecule has 1 rings (SSSR count). The standard InChI is InChI=1S/C6H5ClO3S.Li.H/c7-5-3-1-2-4-6(5)11(8,9)10;;/h1-4H,(H,8,9,10);;. The van der Waals surface area contributed by atoms with Crippen molar-refractivity contribution >= 4 is 40.6 Å². The van der Waals surface area contributed by atoms with Crippen molar-refractivity contribution in [3.05, 3.63) is 29.3 Å². The van der Waals surface area contributed by atoms with Gasteiger partial charge in [-0.1, -0.05) is 23.7 Å². The maximum absolute atomic E-state index is 10.5. The predicted octanol–water partition coefficient (Wildman–Crippen LogP) is 0.938. The number of hydrogen-bond acceptors (Lipinski definition) is 2. The molecular weight excluding hydrogens is 195 g/mol. The minimum absolute atomic E-state index is 0. The molecule has 0 saturated heterocycles. The van der Waals surface area contributed by atoms with E-state index in [1.54, 1.807) is 6.07 Å². The van der Waals surface area contributed by atoms with Crippen LogP contribution in [0.15, 0.2) is 29.2 Å². The summed E-state index contributed by atoms with van der Waals surface area (Å²) < 4.78 is 29.6. The van der Waals surface area contributed by atoms with Crippen LogP contribution in [0.2, 0.25) is 5.02 Å². The van der Waals surface area contributed by atoms with Gasteiger partial charge in [0, 0.05) is 0 Å². The molecule has 0 bridgehead atoms. The van der Waals surface area contributed by atoms with E-state index in [4.69, 9.17) is 16.2 Å². The van der Waals surface area contributed by atoms with Crippen molar-refractivity contribution in [2.45, 2.75) is 4.90 Å². The Labute approximate surface area is 87.7 Å². The van der Waals surface area contributed by atoms with Gasteiger partial charge in [-0.05, 0) is 12.1 Å². The van der Waals surface area contributed by atoms with Crippen LogP contribution < -0.4 is 0 Å². The molecule has 1 aromatic carbocycles. The zero-order chi connectivity index (χ0) is 8.48. The first kappa shape index (κ1) is 12.0. The van der Waals surface area contributed by atoms with Crippen molar-refractivity contribution in [2.75, 3.05) is 0 Å². The molecule has 0 unspecified atom stereocenters. The van der Waals surface area contributed by atoms with E-state index in [0.717, 1.165) is 0 Å². The van der Waals surface area contributed by atoms with Crippen molar-refractivity contribution < 1.29 is 13.0 Å². The second-order valence-corrected chi connectivity index (χ2v) is 3.70. The maximum atomic E-state index is 10.5. The molecule has 0 heterocycles. The van der Waals surface area contributed by atoms with E-state index >= 15 is 0 Å². The topological polar surface area (TPSA) is 54.4 Å². The first-order valence-electron chi connectivity index (χ1n) is 2.74. The van der Waals surface area contributed by atoms with E-state index in [2.05, 4.69) is 0 Å². The average molecular weight is 201 g/mol. The Morgan fingerprint density at radius 3 is 2.08 bits per heavy atom. The van der Waals surface area contributed by atoms with Gasteiger partial charge in [0.2, 0.25) is 0 Å². The molecule has 62 valence electrons. The van der Waals surface area contributed by atoms with Crippen molar-refractivity contribution in [3.63, 3.8) is 0 Å². The Morgan fingerprint density at radius 1 is 1.25 bits per heavy atom. The molecule has 0 aliphatic carbocycles. The summed E-state index contributed by atoms with van der Waals surface area (Å²) in [6.45, 7) is 0. The molecule has 1 N–H and O–H groups in total. The van der Waals surface area contributed by atoms with Gasteiger partial charge in [-0.15, -0.1) is 0 Å². The van der Waals surface area contributed by atoms with E-state index in [9.17, 15) is 8.42 Å². The van der Waals surface area contributed by atoms with Crippen molar-refractivity contribution in [3.8, 4) is 0 Å². The average Bonchev–Trinajstić information content (AvgIpc) is 1.86. The third-order valence-electron chi connectivity index (χ3n) is 1.11. The molecule has 3 nitrogen and oxygen atoms in total. The van der Waals surface area contributed by atoms with Gasteiger partial charge in [0.15, 0.2) is 0 Å². The van der Waals surface area contributed by atoms with Crippen LogP contribution in [0.5, 0.6) is 0 Å². The molecule has 0 aliphatic heterocycles. The van der Waals surface area contributed by atoms with Crippen molar-refractivity contribution in [1.29, 1.82) is 0 Å². The number of rotatable bonds is 1. The first-order chi connectivity index (χ1) is 5.02. The van der Waals surface area contributed by atoms with Gasteiger partial charge in [-0.25, -0.2) is 0 Å². The summed E-state index contributed by atoms with van der Waals surface area (Å²) in [5.41, 5.74) is 0. The number of benzene rings is 1. The summed E-state index contributed by atoms with van der Waals surface area (Å²) in [5, 5.41) is 0.0231. The van der Waals surface area contributed by atoms with Gasteiger partial charge >= 0.3 is 18.9 Å². The van der Waals surface area contributed by atoms with Gasteiger partial charge in [0.05, 0.1) is 5.02 Å². The van der Waals surface area contributed by atoms with Crippen molar-refractivity contribution in [2.24, 2.45) is 0 Å². The van der Waals surface area contributed by atoms with Gasteiger partial charge in [0.25, 0.3) is 10.1 Å². The van der Waals surface area contributed by atoms with Gasteiger partial charge in [-0.2, -0.15) is 8.42 Å². The Hall–Kier alpha value is 0.0174. The van der Waals surface area contributed by atoms with E-state index in [0.29, 0.717) is 0 Å². The second-order valence-electron chi connectivity index (χ2n) is 1.91. The van der Waals surface area contributed by atoms with Crippen LogP contribution in [0.4, 0.5) is 0 Å². The summed E-state index contributed by atoms with van der Waals surface area (Å²) in [6.07, 6.45) is 0. The third-order valence-corrected chi connectivity index (χ3v) is 2.47. The molecule has 0 saturated carbocycles. The zero-order valence-corrected chi connectivity index (χ0v) is 6.93. The minimum atomic E-state index is -4.17. The molecule has 6 heteroatoms. The molecule has 0 aromatic heterocycles. The van der Waals surface area contributed by atoms with Gasteiger partial charge < -0.3 is 0 Å². The Kier molecular flexibility index (Phi) is 4.32. The molecule has 0 radical (unpaired) electrons. The fourth-order valence-electron chi connectivity index (χ4n) is 0.654. The fraction of sp³-hybridized carbons (Fsp3) is 0. The van der Waals surface area contributed by atoms with E-state index in [1.807, 2.05) is 0 Å². The molecular formula is C6H6ClLiO3S. The molecule has 0 atom stereocenters. The van der Waals surface area contributed by atoms with Crippen LogP contribution in [-0.4, -0.2) is 31.8 Å². The summed E-state index contributed by atoms with van der Waals surface area (Å²) >= 11 is 5.47. The zero-order valence-electron chi connectivity index (χ0n) is 5.36. The third kappa shape index (κ3) is 2.81. The van der Waals surface area contributed by atoms with Crippen LogP contribution in [-0.2, 0) is 10.1 Å². The molecule has 0 fully saturated rings. The molecule has 0 spiro atoms. The predicted molar refractivity (Wildman–Crippen MR) is 48.4 cm³/mol. The molecule has 12 heavy (non-hydrogen) atoms. The molecule has 1 aromatic rings. The second kappa shape index (κ2) is 4.31. The Morgan fingerprint density at radius 2 is 1.75 bits per heavy atom. The van der Waals surface area contributed by atoms with Crippen LogP contribution in [0.1, 0.15) is 0 Å². The molecule has 0 aliphatic rings. The Bertz CT molecular complexity index is 363. The number of hydrogen-bond donors (Lipinski definition) is 1. The normalized spacial score (nSPS) is 10.5. The molecule has 0 amide bonds. The van der Waals surface area contributed by atoms with Crippen LogP contribution in [0.3, 0.4) is 0 Å². The fourth-order valence-corrected chi connectivity index (χ4v) is 1.65. The van der Waals surface area contributed by atoms with E-state index in [-0.39, 0.29) is 28.8 Å². The van der Waals surface area contributed by atoms with Gasteiger partial charge in [-0.3, -0.25) is 4.55 Å². The van der Waals surface area contributed by atoms with Crippen LogP contribution in [0.25, 0.3) is 0 Å². The first-order valence-corrected chi connectivity index (χ1v) is 4.55. The van der Waals surface area contributed by atoms with Crippen LogP contribution in [0, 0.1) is 0 Å². The van der Waals surface area contributed by atoms with Gasteiger partial charge in [0.1, 0.15) is 4.90 Å². The Balaban J connectivity index is 0.00000121. The summed E-state index contributed by atoms with van der Waals surface area (Å²) in [5.74, 6) is 0. The van der Waals surface area contributed by atoms with Crippen molar-refractivity contribution in [1.82, 2.24) is 0 Å². The van der Waals surface area contributed by atoms with E-state index in [1.165, 1.54) is 18.2 Å². The quantitative estimate of drug-likeness (QED) is 0.542. The monoisotopic (exact) mass is 200 g/mol. The summed E-state index contributed by atoms with van der Waals surface area (Å²) in [6, 6.07) is 5.69.